The predicted molar refractivity (Wildman–Crippen MR) is 57.8 cm³/mol. The van der Waals surface area contributed by atoms with Crippen molar-refractivity contribution in [3.8, 4) is 0 Å². The minimum absolute atomic E-state index is 0.400. The van der Waals surface area contributed by atoms with Gasteiger partial charge >= 0.3 is 5.97 Å². The molecule has 0 radical (unpaired) electrons. The summed E-state index contributed by atoms with van der Waals surface area (Å²) in [6, 6.07) is 7.32. The van der Waals surface area contributed by atoms with Gasteiger partial charge in [-0.2, -0.15) is 0 Å². The molecule has 0 aliphatic heterocycles. The fourth-order valence-electron chi connectivity index (χ4n) is 1.45. The van der Waals surface area contributed by atoms with E-state index >= 15 is 0 Å². The van der Waals surface area contributed by atoms with E-state index in [0.29, 0.717) is 5.56 Å². The van der Waals surface area contributed by atoms with Gasteiger partial charge in [0.2, 0.25) is 0 Å². The Morgan fingerprint density at radius 3 is 2.81 bits per heavy atom. The van der Waals surface area contributed by atoms with Gasteiger partial charge < -0.3 is 15.5 Å². The first kappa shape index (κ1) is 10.2. The maximum atomic E-state index is 11.6. The Balaban J connectivity index is 2.26. The van der Waals surface area contributed by atoms with E-state index < -0.39 is 18.5 Å². The van der Waals surface area contributed by atoms with Crippen LogP contribution >= 0.6 is 0 Å². The van der Waals surface area contributed by atoms with Crippen molar-refractivity contribution in [1.29, 1.82) is 0 Å². The van der Waals surface area contributed by atoms with Crippen LogP contribution in [0.15, 0.2) is 30.5 Å². The Hall–Kier alpha value is -2.30. The van der Waals surface area contributed by atoms with Gasteiger partial charge in [-0.15, -0.1) is 0 Å². The Labute approximate surface area is 91.2 Å². The number of aromatic amines is 1. The van der Waals surface area contributed by atoms with Crippen molar-refractivity contribution in [2.45, 2.75) is 0 Å². The number of esters is 1. The summed E-state index contributed by atoms with van der Waals surface area (Å²) in [6.45, 7) is -0.404. The quantitative estimate of drug-likeness (QED) is 0.747. The molecule has 0 saturated heterocycles. The number of carbonyl (C=O) groups is 2. The second kappa shape index (κ2) is 4.06. The van der Waals surface area contributed by atoms with Crippen LogP contribution in [0.5, 0.6) is 0 Å². The number of nitrogens with one attached hydrogen (secondary N) is 1. The third kappa shape index (κ3) is 1.88. The molecular weight excluding hydrogens is 208 g/mol. The zero-order chi connectivity index (χ0) is 11.5. The van der Waals surface area contributed by atoms with Crippen LogP contribution in [-0.4, -0.2) is 23.5 Å². The number of aromatic nitrogens is 1. The van der Waals surface area contributed by atoms with E-state index in [9.17, 15) is 9.59 Å². The molecule has 0 saturated carbocycles. The van der Waals surface area contributed by atoms with Gasteiger partial charge in [0, 0.05) is 17.1 Å². The van der Waals surface area contributed by atoms with Crippen LogP contribution in [0.4, 0.5) is 0 Å². The summed E-state index contributed by atoms with van der Waals surface area (Å²) in [7, 11) is 0. The zero-order valence-corrected chi connectivity index (χ0v) is 8.40. The SMILES string of the molecule is NC(=O)COC(=O)c1c[nH]c2ccccc12. The normalized spacial score (nSPS) is 10.2. The fourth-order valence-corrected chi connectivity index (χ4v) is 1.45. The minimum atomic E-state index is -0.673. The van der Waals surface area contributed by atoms with Gasteiger partial charge in [-0.3, -0.25) is 4.79 Å². The van der Waals surface area contributed by atoms with Crippen LogP contribution < -0.4 is 5.73 Å². The highest BCUT2D eigenvalue weighted by Crippen LogP contribution is 2.18. The molecule has 0 fully saturated rings. The van der Waals surface area contributed by atoms with Crippen molar-refractivity contribution in [3.63, 3.8) is 0 Å². The van der Waals surface area contributed by atoms with Gasteiger partial charge in [-0.1, -0.05) is 18.2 Å². The molecule has 5 heteroatoms. The number of amides is 1. The molecule has 1 heterocycles. The Kier molecular flexibility index (Phi) is 2.59. The molecule has 82 valence electrons. The maximum Gasteiger partial charge on any atom is 0.340 e. The van der Waals surface area contributed by atoms with Crippen molar-refractivity contribution < 1.29 is 14.3 Å². The number of fused-ring (bicyclic) bond motifs is 1. The number of hydrogen-bond acceptors (Lipinski definition) is 3. The molecule has 3 N–H and O–H groups in total. The molecule has 16 heavy (non-hydrogen) atoms. The highest BCUT2D eigenvalue weighted by molar-refractivity contribution is 6.04. The molecule has 0 bridgehead atoms. The summed E-state index contributed by atoms with van der Waals surface area (Å²) in [5.74, 6) is -1.23. The van der Waals surface area contributed by atoms with E-state index in [1.807, 2.05) is 18.2 Å². The lowest BCUT2D eigenvalue weighted by Gasteiger charge is -2.00. The first-order valence-corrected chi connectivity index (χ1v) is 4.70. The van der Waals surface area contributed by atoms with Crippen LogP contribution in [-0.2, 0) is 9.53 Å². The number of nitrogens with two attached hydrogens (primary N) is 1. The second-order valence-electron chi connectivity index (χ2n) is 3.29. The van der Waals surface area contributed by atoms with Gasteiger partial charge in [0.1, 0.15) is 0 Å². The lowest BCUT2D eigenvalue weighted by atomic mass is 10.2. The lowest BCUT2D eigenvalue weighted by molar-refractivity contribution is -0.121. The van der Waals surface area contributed by atoms with Gasteiger partial charge in [0.25, 0.3) is 5.91 Å². The average molecular weight is 218 g/mol. The van der Waals surface area contributed by atoms with E-state index in [4.69, 9.17) is 10.5 Å². The zero-order valence-electron chi connectivity index (χ0n) is 8.40. The standard InChI is InChI=1S/C11H10N2O3/c12-10(14)6-16-11(15)8-5-13-9-4-2-1-3-7(8)9/h1-5,13H,6H2,(H2,12,14). The summed E-state index contributed by atoms with van der Waals surface area (Å²) in [4.78, 5) is 25.0. The number of benzene rings is 1. The van der Waals surface area contributed by atoms with Gasteiger partial charge in [0.15, 0.2) is 6.61 Å². The highest BCUT2D eigenvalue weighted by Gasteiger charge is 2.13. The summed E-state index contributed by atoms with van der Waals surface area (Å²) in [5.41, 5.74) is 6.12. The van der Waals surface area contributed by atoms with Crippen LogP contribution in [0, 0.1) is 0 Å². The van der Waals surface area contributed by atoms with E-state index in [1.165, 1.54) is 0 Å². The molecule has 0 atom stereocenters. The first-order valence-electron chi connectivity index (χ1n) is 4.70. The molecule has 0 aliphatic rings. The molecule has 1 aromatic carbocycles. The maximum absolute atomic E-state index is 11.6. The van der Waals surface area contributed by atoms with Crippen molar-refractivity contribution in [3.05, 3.63) is 36.0 Å². The highest BCUT2D eigenvalue weighted by atomic mass is 16.5. The molecule has 0 unspecified atom stereocenters. The molecule has 1 amide bonds. The minimum Gasteiger partial charge on any atom is -0.452 e. The summed E-state index contributed by atoms with van der Waals surface area (Å²) in [5, 5.41) is 0.761. The Bertz CT molecular complexity index is 545. The van der Waals surface area contributed by atoms with Gasteiger partial charge in [-0.25, -0.2) is 4.79 Å². The molecule has 1 aromatic heterocycles. The summed E-state index contributed by atoms with van der Waals surface area (Å²) in [6.07, 6.45) is 1.55. The Morgan fingerprint density at radius 2 is 2.06 bits per heavy atom. The van der Waals surface area contributed by atoms with E-state index in [2.05, 4.69) is 4.98 Å². The second-order valence-corrected chi connectivity index (χ2v) is 3.29. The first-order chi connectivity index (χ1) is 7.68. The molecule has 5 nitrogen and oxygen atoms in total. The van der Waals surface area contributed by atoms with Crippen LogP contribution in [0.1, 0.15) is 10.4 Å². The molecular formula is C11H10N2O3. The molecule has 2 rings (SSSR count). The largest absolute Gasteiger partial charge is 0.452 e. The van der Waals surface area contributed by atoms with E-state index in [1.54, 1.807) is 12.3 Å². The number of ether oxygens (including phenoxy) is 1. The fraction of sp³-hybridized carbons (Fsp3) is 0.0909. The number of carbonyl (C=O) groups excluding carboxylic acids is 2. The lowest BCUT2D eigenvalue weighted by Crippen LogP contribution is -2.20. The van der Waals surface area contributed by atoms with Crippen LogP contribution in [0.25, 0.3) is 10.9 Å². The molecule has 0 aliphatic carbocycles. The predicted octanol–water partition coefficient (Wildman–Crippen LogP) is 0.810. The van der Waals surface area contributed by atoms with E-state index in [-0.39, 0.29) is 0 Å². The molecule has 2 aromatic rings. The topological polar surface area (TPSA) is 85.2 Å². The third-order valence-corrected chi connectivity index (χ3v) is 2.15. The Morgan fingerprint density at radius 1 is 1.31 bits per heavy atom. The van der Waals surface area contributed by atoms with Crippen molar-refractivity contribution in [1.82, 2.24) is 4.98 Å². The van der Waals surface area contributed by atoms with E-state index in [0.717, 1.165) is 10.9 Å². The summed E-state index contributed by atoms with van der Waals surface area (Å²) >= 11 is 0. The number of primary amides is 1. The van der Waals surface area contributed by atoms with Crippen molar-refractivity contribution in [2.24, 2.45) is 5.73 Å². The number of rotatable bonds is 3. The molecule has 0 spiro atoms. The smallest absolute Gasteiger partial charge is 0.340 e. The van der Waals surface area contributed by atoms with Crippen molar-refractivity contribution >= 4 is 22.8 Å². The summed E-state index contributed by atoms with van der Waals surface area (Å²) < 4.78 is 4.72. The average Bonchev–Trinajstić information content (AvgIpc) is 2.69. The van der Waals surface area contributed by atoms with Gasteiger partial charge in [-0.05, 0) is 6.07 Å². The van der Waals surface area contributed by atoms with Crippen LogP contribution in [0.3, 0.4) is 0 Å². The van der Waals surface area contributed by atoms with Gasteiger partial charge in [0.05, 0.1) is 5.56 Å². The monoisotopic (exact) mass is 218 g/mol. The number of H-pyrrole nitrogens is 1. The van der Waals surface area contributed by atoms with Crippen LogP contribution in [0.2, 0.25) is 0 Å². The third-order valence-electron chi connectivity index (χ3n) is 2.15. The van der Waals surface area contributed by atoms with Crippen molar-refractivity contribution in [2.75, 3.05) is 6.61 Å². The number of para-hydroxylation sites is 1. The number of hydrogen-bond donors (Lipinski definition) is 2.